The smallest absolute Gasteiger partial charge is 0.136 e. The number of allylic oxidation sites excluding steroid dienone is 1. The highest BCUT2D eigenvalue weighted by Crippen LogP contribution is 2.73. The number of hydrogen-bond donors (Lipinski definition) is 1. The first-order valence-electron chi connectivity index (χ1n) is 11.7. The molecule has 5 aliphatic carbocycles. The van der Waals surface area contributed by atoms with Gasteiger partial charge in [-0.05, 0) is 99.2 Å². The molecule has 150 valence electrons. The summed E-state index contributed by atoms with van der Waals surface area (Å²) in [6.07, 6.45) is 15.5. The lowest BCUT2D eigenvalue weighted by Crippen LogP contribution is -2.55. The van der Waals surface area contributed by atoms with Crippen LogP contribution in [0.25, 0.3) is 0 Å². The van der Waals surface area contributed by atoms with Crippen LogP contribution in [0.3, 0.4) is 0 Å². The normalized spacial score (nSPS) is 54.2. The Morgan fingerprint density at radius 3 is 2.67 bits per heavy atom. The third-order valence-corrected chi connectivity index (χ3v) is 10.7. The maximum atomic E-state index is 13.1. The zero-order chi connectivity index (χ0) is 19.0. The summed E-state index contributed by atoms with van der Waals surface area (Å²) in [6.45, 7) is 6.94. The van der Waals surface area contributed by atoms with Crippen molar-refractivity contribution >= 4 is 5.78 Å². The van der Waals surface area contributed by atoms with E-state index >= 15 is 0 Å². The highest BCUT2D eigenvalue weighted by Gasteiger charge is 2.68. The molecule has 0 saturated heterocycles. The molecule has 27 heavy (non-hydrogen) atoms. The van der Waals surface area contributed by atoms with Gasteiger partial charge in [0, 0.05) is 5.41 Å². The van der Waals surface area contributed by atoms with Gasteiger partial charge in [0.05, 0.1) is 6.10 Å². The number of Topliss-reactive ketones (excluding diaryl/α,β-unsaturated/α-hetero) is 1. The average Bonchev–Trinajstić information content (AvgIpc) is 2.92. The minimum atomic E-state index is -0.120. The molecule has 4 fully saturated rings. The Labute approximate surface area is 165 Å². The molecule has 0 radical (unpaired) electrons. The summed E-state index contributed by atoms with van der Waals surface area (Å²) in [5.74, 6) is 3.41. The molecule has 0 aromatic rings. The maximum Gasteiger partial charge on any atom is 0.136 e. The topological polar surface area (TPSA) is 37.3 Å². The molecule has 5 aliphatic rings. The summed E-state index contributed by atoms with van der Waals surface area (Å²) in [5, 5.41) is 10.2. The van der Waals surface area contributed by atoms with Crippen molar-refractivity contribution in [3.63, 3.8) is 0 Å². The van der Waals surface area contributed by atoms with E-state index in [1.54, 1.807) is 5.57 Å². The summed E-state index contributed by atoms with van der Waals surface area (Å²) in [5.41, 5.74) is 2.07. The highest BCUT2D eigenvalue weighted by atomic mass is 16.3. The van der Waals surface area contributed by atoms with Gasteiger partial charge in [-0.15, -0.1) is 0 Å². The third-order valence-electron chi connectivity index (χ3n) is 10.7. The lowest BCUT2D eigenvalue weighted by atomic mass is 9.44. The number of hydrogen-bond acceptors (Lipinski definition) is 2. The van der Waals surface area contributed by atoms with E-state index in [0.717, 1.165) is 43.4 Å². The van der Waals surface area contributed by atoms with Gasteiger partial charge in [-0.25, -0.2) is 0 Å². The first-order valence-corrected chi connectivity index (χ1v) is 11.7. The van der Waals surface area contributed by atoms with E-state index in [9.17, 15) is 9.90 Å². The van der Waals surface area contributed by atoms with Gasteiger partial charge in [-0.1, -0.05) is 38.3 Å². The lowest BCUT2D eigenvalue weighted by molar-refractivity contribution is -0.147. The van der Waals surface area contributed by atoms with Crippen LogP contribution in [0.2, 0.25) is 0 Å². The number of aliphatic hydroxyl groups excluding tert-OH is 1. The summed E-state index contributed by atoms with van der Waals surface area (Å²) in [6, 6.07) is 0. The fraction of sp³-hybridized carbons (Fsp3) is 0.880. The minimum Gasteiger partial charge on any atom is -0.393 e. The number of ketones is 1. The van der Waals surface area contributed by atoms with Gasteiger partial charge >= 0.3 is 0 Å². The summed E-state index contributed by atoms with van der Waals surface area (Å²) in [4.78, 5) is 13.1. The van der Waals surface area contributed by atoms with Gasteiger partial charge < -0.3 is 5.11 Å². The Bertz CT molecular complexity index is 680. The molecule has 0 heterocycles. The number of carbonyl (C=O) groups excluding carboxylic acids is 1. The Morgan fingerprint density at radius 1 is 1.07 bits per heavy atom. The van der Waals surface area contributed by atoms with E-state index in [4.69, 9.17) is 0 Å². The minimum absolute atomic E-state index is 0.0193. The number of aliphatic hydroxyl groups is 1. The molecule has 0 spiro atoms. The van der Waals surface area contributed by atoms with Crippen LogP contribution in [-0.4, -0.2) is 17.0 Å². The largest absolute Gasteiger partial charge is 0.393 e. The monoisotopic (exact) mass is 370 g/mol. The van der Waals surface area contributed by atoms with Crippen LogP contribution in [0.5, 0.6) is 0 Å². The second kappa shape index (κ2) is 5.94. The van der Waals surface area contributed by atoms with Crippen molar-refractivity contribution < 1.29 is 9.90 Å². The quantitative estimate of drug-likeness (QED) is 0.602. The molecule has 0 aromatic heterocycles. The van der Waals surface area contributed by atoms with Crippen LogP contribution < -0.4 is 0 Å². The zero-order valence-corrected chi connectivity index (χ0v) is 17.6. The predicted octanol–water partition coefficient (Wildman–Crippen LogP) is 5.69. The first-order chi connectivity index (χ1) is 12.8. The van der Waals surface area contributed by atoms with Gasteiger partial charge in [0.15, 0.2) is 0 Å². The zero-order valence-electron chi connectivity index (χ0n) is 17.6. The summed E-state index contributed by atoms with van der Waals surface area (Å²) >= 11 is 0. The highest BCUT2D eigenvalue weighted by molar-refractivity contribution is 5.84. The van der Waals surface area contributed by atoms with Crippen LogP contribution in [0.15, 0.2) is 11.6 Å². The SMILES string of the molecule is CC(=O)[C@]12CCCC[C@H]1C[C@@H]1[C@H]3CC=C4C[C@@H](O)CC[C@]4(C)[C@@H]3CC[C@]12C. The number of carbonyl (C=O) groups is 1. The molecular formula is C25H38O2. The average molecular weight is 371 g/mol. The fourth-order valence-corrected chi connectivity index (χ4v) is 9.44. The molecule has 0 aromatic carbocycles. The fourth-order valence-electron chi connectivity index (χ4n) is 9.44. The van der Waals surface area contributed by atoms with Gasteiger partial charge in [0.25, 0.3) is 0 Å². The number of fused-ring (bicyclic) bond motifs is 7. The molecule has 0 bridgehead atoms. The molecule has 2 nitrogen and oxygen atoms in total. The number of rotatable bonds is 1. The lowest BCUT2D eigenvalue weighted by Gasteiger charge is -2.60. The van der Waals surface area contributed by atoms with Crippen molar-refractivity contribution in [1.29, 1.82) is 0 Å². The van der Waals surface area contributed by atoms with E-state index in [0.29, 0.717) is 17.1 Å². The molecule has 0 amide bonds. The van der Waals surface area contributed by atoms with E-state index in [2.05, 4.69) is 19.9 Å². The van der Waals surface area contributed by atoms with E-state index < -0.39 is 0 Å². The summed E-state index contributed by atoms with van der Waals surface area (Å²) in [7, 11) is 0. The standard InChI is InChI=1S/C25H38O2/c1-16(26)25-11-5-4-6-18(25)15-22-20-8-7-17-14-19(27)9-12-23(17,2)21(20)10-13-24(22,25)3/h7,18-22,27H,4-6,8-15H2,1-3H3/t18-,19-,20-,21+,22+,23-,24+,25+/m0/s1. The van der Waals surface area contributed by atoms with Crippen LogP contribution in [0, 0.1) is 39.9 Å². The van der Waals surface area contributed by atoms with Crippen LogP contribution in [0.4, 0.5) is 0 Å². The summed E-state index contributed by atoms with van der Waals surface area (Å²) < 4.78 is 0. The van der Waals surface area contributed by atoms with E-state index in [1.165, 1.54) is 44.9 Å². The van der Waals surface area contributed by atoms with Crippen LogP contribution in [-0.2, 0) is 4.79 Å². The van der Waals surface area contributed by atoms with Gasteiger partial charge in [0.1, 0.15) is 5.78 Å². The van der Waals surface area contributed by atoms with Crippen molar-refractivity contribution in [3.05, 3.63) is 11.6 Å². The Hall–Kier alpha value is -0.630. The molecule has 4 saturated carbocycles. The van der Waals surface area contributed by atoms with Crippen molar-refractivity contribution in [2.24, 2.45) is 39.9 Å². The molecule has 0 unspecified atom stereocenters. The van der Waals surface area contributed by atoms with Crippen molar-refractivity contribution in [1.82, 2.24) is 0 Å². The van der Waals surface area contributed by atoms with Crippen LogP contribution >= 0.6 is 0 Å². The van der Waals surface area contributed by atoms with Crippen molar-refractivity contribution in [2.45, 2.75) is 97.5 Å². The van der Waals surface area contributed by atoms with E-state index in [1.807, 2.05) is 6.92 Å². The Morgan fingerprint density at radius 2 is 1.89 bits per heavy atom. The molecule has 8 atom stereocenters. The second-order valence-electron chi connectivity index (χ2n) is 11.3. The van der Waals surface area contributed by atoms with Gasteiger partial charge in [-0.2, -0.15) is 0 Å². The van der Waals surface area contributed by atoms with Crippen molar-refractivity contribution in [2.75, 3.05) is 0 Å². The molecular weight excluding hydrogens is 332 g/mol. The van der Waals surface area contributed by atoms with E-state index in [-0.39, 0.29) is 16.9 Å². The third kappa shape index (κ3) is 2.20. The second-order valence-corrected chi connectivity index (χ2v) is 11.3. The Kier molecular flexibility index (Phi) is 4.05. The molecule has 0 aliphatic heterocycles. The predicted molar refractivity (Wildman–Crippen MR) is 108 cm³/mol. The maximum absolute atomic E-state index is 13.1. The van der Waals surface area contributed by atoms with Gasteiger partial charge in [0.2, 0.25) is 0 Å². The molecule has 2 heteroatoms. The van der Waals surface area contributed by atoms with Crippen molar-refractivity contribution in [3.8, 4) is 0 Å². The van der Waals surface area contributed by atoms with Crippen LogP contribution in [0.1, 0.15) is 91.4 Å². The molecule has 5 rings (SSSR count). The van der Waals surface area contributed by atoms with Gasteiger partial charge in [-0.3, -0.25) is 4.79 Å². The Balaban J connectivity index is 1.54. The molecule has 1 N–H and O–H groups in total. The first kappa shape index (κ1) is 18.4.